The Morgan fingerprint density at radius 3 is 2.50 bits per heavy atom. The van der Waals surface area contributed by atoms with Crippen molar-refractivity contribution in [1.29, 1.82) is 0 Å². The highest BCUT2D eigenvalue weighted by molar-refractivity contribution is 5.82. The van der Waals surface area contributed by atoms with Crippen LogP contribution in [0.25, 0.3) is 0 Å². The first-order chi connectivity index (χ1) is 5.41. The lowest BCUT2D eigenvalue weighted by Crippen LogP contribution is -2.09. The molecule has 1 aromatic rings. The van der Waals surface area contributed by atoms with Crippen LogP contribution in [0.4, 0.5) is 8.78 Å². The van der Waals surface area contributed by atoms with Gasteiger partial charge in [0.15, 0.2) is 5.82 Å². The van der Waals surface area contributed by atoms with Crippen LogP contribution >= 0.6 is 0 Å². The van der Waals surface area contributed by atoms with Crippen LogP contribution in [-0.4, -0.2) is 26.3 Å². The molecule has 2 N–H and O–H groups in total. The quantitative estimate of drug-likeness (QED) is 0.693. The highest BCUT2D eigenvalue weighted by atomic mass is 19.3. The minimum Gasteiger partial charge on any atom is -0.475 e. The van der Waals surface area contributed by atoms with Crippen molar-refractivity contribution >= 4 is 5.97 Å². The maximum atomic E-state index is 12.4. The van der Waals surface area contributed by atoms with Crippen molar-refractivity contribution in [2.24, 2.45) is 0 Å². The molecule has 0 spiro atoms. The maximum Gasteiger partial charge on any atom is 0.375 e. The first-order valence-corrected chi connectivity index (χ1v) is 2.95. The molecule has 1 heterocycles. The SMILES string of the molecule is CC(F)(F)c1nc(C(=O)O)n[nH]1. The summed E-state index contributed by atoms with van der Waals surface area (Å²) >= 11 is 0. The summed E-state index contributed by atoms with van der Waals surface area (Å²) in [7, 11) is 0. The Kier molecular flexibility index (Phi) is 1.79. The molecule has 0 aliphatic carbocycles. The van der Waals surface area contributed by atoms with Gasteiger partial charge >= 0.3 is 11.9 Å². The third-order valence-corrected chi connectivity index (χ3v) is 1.09. The van der Waals surface area contributed by atoms with Crippen molar-refractivity contribution in [3.8, 4) is 0 Å². The number of carbonyl (C=O) groups is 1. The molecule has 66 valence electrons. The number of aromatic nitrogens is 3. The van der Waals surface area contributed by atoms with Gasteiger partial charge in [0.05, 0.1) is 0 Å². The molecule has 0 aliphatic rings. The second kappa shape index (κ2) is 2.50. The monoisotopic (exact) mass is 177 g/mol. The lowest BCUT2D eigenvalue weighted by Gasteiger charge is -2.02. The van der Waals surface area contributed by atoms with Gasteiger partial charge in [-0.3, -0.25) is 5.10 Å². The Bertz CT molecular complexity index is 304. The average Bonchev–Trinajstić information content (AvgIpc) is 2.30. The van der Waals surface area contributed by atoms with E-state index in [2.05, 4.69) is 10.1 Å². The van der Waals surface area contributed by atoms with Gasteiger partial charge in [-0.25, -0.2) is 4.79 Å². The number of nitrogens with zero attached hydrogens (tertiary/aromatic N) is 2. The van der Waals surface area contributed by atoms with E-state index >= 15 is 0 Å². The molecule has 0 aromatic carbocycles. The van der Waals surface area contributed by atoms with Crippen molar-refractivity contribution in [1.82, 2.24) is 15.2 Å². The third-order valence-electron chi connectivity index (χ3n) is 1.09. The van der Waals surface area contributed by atoms with Gasteiger partial charge in [0.25, 0.3) is 5.82 Å². The Morgan fingerprint density at radius 1 is 1.67 bits per heavy atom. The van der Waals surface area contributed by atoms with Crippen LogP contribution in [0.3, 0.4) is 0 Å². The summed E-state index contributed by atoms with van der Waals surface area (Å²) in [6.07, 6.45) is 0. The van der Waals surface area contributed by atoms with Gasteiger partial charge in [-0.05, 0) is 0 Å². The van der Waals surface area contributed by atoms with Crippen LogP contribution in [0.15, 0.2) is 0 Å². The zero-order chi connectivity index (χ0) is 9.35. The molecule has 0 aliphatic heterocycles. The fraction of sp³-hybridized carbons (Fsp3) is 0.400. The highest BCUT2D eigenvalue weighted by Gasteiger charge is 2.29. The van der Waals surface area contributed by atoms with Gasteiger partial charge in [-0.1, -0.05) is 0 Å². The number of hydrogen-bond acceptors (Lipinski definition) is 3. The topological polar surface area (TPSA) is 78.9 Å². The summed E-state index contributed by atoms with van der Waals surface area (Å²) < 4.78 is 24.8. The molecule has 1 rings (SSSR count). The van der Waals surface area contributed by atoms with E-state index in [1.807, 2.05) is 5.10 Å². The van der Waals surface area contributed by atoms with Gasteiger partial charge < -0.3 is 5.11 Å². The van der Waals surface area contributed by atoms with E-state index in [4.69, 9.17) is 5.11 Å². The summed E-state index contributed by atoms with van der Waals surface area (Å²) in [5.74, 6) is -6.05. The van der Waals surface area contributed by atoms with Crippen molar-refractivity contribution < 1.29 is 18.7 Å². The van der Waals surface area contributed by atoms with E-state index < -0.39 is 23.5 Å². The Labute approximate surface area is 65.4 Å². The second-order valence-corrected chi connectivity index (χ2v) is 2.20. The highest BCUT2D eigenvalue weighted by Crippen LogP contribution is 2.22. The van der Waals surface area contributed by atoms with Gasteiger partial charge in [0, 0.05) is 6.92 Å². The number of H-pyrrole nitrogens is 1. The summed E-state index contributed by atoms with van der Waals surface area (Å²) in [5.41, 5.74) is 0. The van der Waals surface area contributed by atoms with Crippen LogP contribution in [0.2, 0.25) is 0 Å². The predicted molar refractivity (Wildman–Crippen MR) is 32.9 cm³/mol. The van der Waals surface area contributed by atoms with E-state index in [1.54, 1.807) is 0 Å². The first kappa shape index (κ1) is 8.57. The van der Waals surface area contributed by atoms with Crippen molar-refractivity contribution in [2.75, 3.05) is 0 Å². The molecule has 0 saturated heterocycles. The molecule has 0 amide bonds. The molecule has 0 radical (unpaired) electrons. The molecular weight excluding hydrogens is 172 g/mol. The number of aromatic carboxylic acids is 1. The molecule has 5 nitrogen and oxygen atoms in total. The fourth-order valence-corrected chi connectivity index (χ4v) is 0.554. The number of aromatic amines is 1. The average molecular weight is 177 g/mol. The van der Waals surface area contributed by atoms with Gasteiger partial charge in [0.2, 0.25) is 0 Å². The first-order valence-electron chi connectivity index (χ1n) is 2.95. The zero-order valence-electron chi connectivity index (χ0n) is 6.01. The second-order valence-electron chi connectivity index (χ2n) is 2.20. The van der Waals surface area contributed by atoms with Crippen LogP contribution < -0.4 is 0 Å². The number of carboxylic acid groups (broad SMARTS) is 1. The Morgan fingerprint density at radius 2 is 2.25 bits per heavy atom. The van der Waals surface area contributed by atoms with E-state index in [0.29, 0.717) is 6.92 Å². The summed E-state index contributed by atoms with van der Waals surface area (Å²) in [6, 6.07) is 0. The van der Waals surface area contributed by atoms with Gasteiger partial charge in [-0.2, -0.15) is 13.8 Å². The molecule has 0 bridgehead atoms. The van der Waals surface area contributed by atoms with E-state index in [1.165, 1.54) is 0 Å². The molecular formula is C5H5F2N3O2. The zero-order valence-corrected chi connectivity index (χ0v) is 6.01. The molecule has 0 atom stereocenters. The smallest absolute Gasteiger partial charge is 0.375 e. The molecule has 12 heavy (non-hydrogen) atoms. The number of rotatable bonds is 2. The predicted octanol–water partition coefficient (Wildman–Crippen LogP) is 0.615. The van der Waals surface area contributed by atoms with E-state index in [9.17, 15) is 13.6 Å². The Balaban J connectivity index is 3.00. The Hall–Kier alpha value is -1.53. The standard InChI is InChI=1S/C5H5F2N3O2/c1-5(6,7)4-8-2(3(11)12)9-10-4/h1H3,(H,11,12)(H,8,9,10). The van der Waals surface area contributed by atoms with E-state index in [-0.39, 0.29) is 0 Å². The lowest BCUT2D eigenvalue weighted by atomic mass is 10.4. The van der Waals surface area contributed by atoms with Crippen molar-refractivity contribution in [2.45, 2.75) is 12.8 Å². The minimum absolute atomic E-state index is 0.596. The van der Waals surface area contributed by atoms with Crippen molar-refractivity contribution in [3.63, 3.8) is 0 Å². The van der Waals surface area contributed by atoms with Crippen LogP contribution in [0.5, 0.6) is 0 Å². The van der Waals surface area contributed by atoms with Crippen LogP contribution in [0, 0.1) is 0 Å². The molecule has 1 aromatic heterocycles. The summed E-state index contributed by atoms with van der Waals surface area (Å²) in [4.78, 5) is 13.2. The largest absolute Gasteiger partial charge is 0.475 e. The number of carboxylic acids is 1. The number of nitrogens with one attached hydrogen (secondary N) is 1. The lowest BCUT2D eigenvalue weighted by molar-refractivity contribution is 0.00803. The molecule has 0 saturated carbocycles. The van der Waals surface area contributed by atoms with Gasteiger partial charge in [-0.15, -0.1) is 5.10 Å². The number of halogens is 2. The molecule has 0 unspecified atom stereocenters. The third kappa shape index (κ3) is 1.55. The fourth-order valence-electron chi connectivity index (χ4n) is 0.554. The van der Waals surface area contributed by atoms with Crippen LogP contribution in [0.1, 0.15) is 23.4 Å². The van der Waals surface area contributed by atoms with E-state index in [0.717, 1.165) is 0 Å². The normalized spacial score (nSPS) is 11.6. The summed E-state index contributed by atoms with van der Waals surface area (Å²) in [6.45, 7) is 0.596. The summed E-state index contributed by atoms with van der Waals surface area (Å²) in [5, 5.41) is 13.2. The molecule has 0 fully saturated rings. The maximum absolute atomic E-state index is 12.4. The number of hydrogen-bond donors (Lipinski definition) is 2. The molecule has 7 heteroatoms. The minimum atomic E-state index is -3.19. The van der Waals surface area contributed by atoms with Crippen LogP contribution in [-0.2, 0) is 5.92 Å². The van der Waals surface area contributed by atoms with Crippen molar-refractivity contribution in [3.05, 3.63) is 11.6 Å². The number of alkyl halides is 2. The van der Waals surface area contributed by atoms with Gasteiger partial charge in [0.1, 0.15) is 0 Å².